The largest absolute Gasteiger partial charge is 0.457 e. The molecule has 0 aliphatic heterocycles. The molecule has 1 rings (SSSR count). The van der Waals surface area contributed by atoms with Crippen LogP contribution in [0, 0.1) is 3.57 Å². The summed E-state index contributed by atoms with van der Waals surface area (Å²) in [5.74, 6) is -0.330. The van der Waals surface area contributed by atoms with Gasteiger partial charge in [0.25, 0.3) is 0 Å². The summed E-state index contributed by atoms with van der Waals surface area (Å²) in [6.07, 6.45) is 3.20. The van der Waals surface area contributed by atoms with Crippen molar-refractivity contribution in [3.05, 3.63) is 37.9 Å². The average molecular weight is 409 g/mol. The first-order valence-electron chi connectivity index (χ1n) is 5.14. The Kier molecular flexibility index (Phi) is 5.19. The Hall–Kier alpha value is -0.360. The molecule has 0 spiro atoms. The maximum Gasteiger partial charge on any atom is 0.331 e. The molecule has 0 saturated carbocycles. The summed E-state index contributed by atoms with van der Waals surface area (Å²) in [6, 6.07) is 5.94. The van der Waals surface area contributed by atoms with Crippen LogP contribution in [0.25, 0.3) is 6.08 Å². The Balaban J connectivity index is 2.77. The molecule has 0 saturated heterocycles. The maximum atomic E-state index is 11.5. The molecular formula is C13H14BrIO2. The number of halogens is 2. The minimum absolute atomic E-state index is 0.330. The fourth-order valence-corrected chi connectivity index (χ4v) is 2.03. The SMILES string of the molecule is CC(C)(C)OC(=O)C=Cc1cc(I)ccc1Br. The minimum Gasteiger partial charge on any atom is -0.457 e. The van der Waals surface area contributed by atoms with Gasteiger partial charge in [-0.2, -0.15) is 0 Å². The van der Waals surface area contributed by atoms with Crippen molar-refractivity contribution >= 4 is 50.6 Å². The summed E-state index contributed by atoms with van der Waals surface area (Å²) in [5.41, 5.74) is 0.506. The van der Waals surface area contributed by atoms with Crippen LogP contribution in [0.15, 0.2) is 28.7 Å². The number of ether oxygens (including phenoxy) is 1. The molecule has 0 aromatic heterocycles. The van der Waals surface area contributed by atoms with Gasteiger partial charge >= 0.3 is 5.97 Å². The lowest BCUT2D eigenvalue weighted by Crippen LogP contribution is -2.22. The van der Waals surface area contributed by atoms with Crippen LogP contribution in [0.2, 0.25) is 0 Å². The molecule has 0 bridgehead atoms. The monoisotopic (exact) mass is 408 g/mol. The number of carbonyl (C=O) groups excluding carboxylic acids is 1. The molecule has 92 valence electrons. The third kappa shape index (κ3) is 5.68. The molecule has 0 fully saturated rings. The second-order valence-corrected chi connectivity index (χ2v) is 6.63. The van der Waals surface area contributed by atoms with Gasteiger partial charge in [-0.15, -0.1) is 0 Å². The van der Waals surface area contributed by atoms with Gasteiger partial charge in [-0.25, -0.2) is 4.79 Å². The van der Waals surface area contributed by atoms with E-state index in [9.17, 15) is 4.79 Å². The second kappa shape index (κ2) is 6.00. The lowest BCUT2D eigenvalue weighted by Gasteiger charge is -2.17. The molecule has 2 nitrogen and oxygen atoms in total. The van der Waals surface area contributed by atoms with Crippen molar-refractivity contribution in [2.45, 2.75) is 26.4 Å². The number of benzene rings is 1. The van der Waals surface area contributed by atoms with E-state index in [4.69, 9.17) is 4.74 Å². The van der Waals surface area contributed by atoms with E-state index < -0.39 is 5.60 Å². The van der Waals surface area contributed by atoms with Crippen LogP contribution in [-0.2, 0) is 9.53 Å². The highest BCUT2D eigenvalue weighted by molar-refractivity contribution is 14.1. The highest BCUT2D eigenvalue weighted by Gasteiger charge is 2.13. The van der Waals surface area contributed by atoms with E-state index in [-0.39, 0.29) is 5.97 Å². The highest BCUT2D eigenvalue weighted by Crippen LogP contribution is 2.21. The maximum absolute atomic E-state index is 11.5. The standard InChI is InChI=1S/C13H14BrIO2/c1-13(2,3)17-12(16)7-4-9-8-10(15)5-6-11(9)14/h4-8H,1-3H3. The molecule has 0 unspecified atom stereocenters. The van der Waals surface area contributed by atoms with Gasteiger partial charge in [-0.1, -0.05) is 15.9 Å². The van der Waals surface area contributed by atoms with Crippen LogP contribution in [0.5, 0.6) is 0 Å². The smallest absolute Gasteiger partial charge is 0.331 e. The molecule has 17 heavy (non-hydrogen) atoms. The molecule has 0 N–H and O–H groups in total. The summed E-state index contributed by atoms with van der Waals surface area (Å²) < 4.78 is 7.26. The number of hydrogen-bond donors (Lipinski definition) is 0. The molecule has 1 aromatic rings. The Morgan fingerprint density at radius 1 is 1.41 bits per heavy atom. The molecule has 0 heterocycles. The van der Waals surface area contributed by atoms with Gasteiger partial charge in [0.2, 0.25) is 0 Å². The van der Waals surface area contributed by atoms with E-state index in [1.54, 1.807) is 6.08 Å². The molecule has 0 atom stereocenters. The first kappa shape index (κ1) is 14.7. The third-order valence-electron chi connectivity index (χ3n) is 1.76. The van der Waals surface area contributed by atoms with E-state index in [0.29, 0.717) is 0 Å². The van der Waals surface area contributed by atoms with E-state index in [0.717, 1.165) is 13.6 Å². The van der Waals surface area contributed by atoms with Gasteiger partial charge in [-0.3, -0.25) is 0 Å². The van der Waals surface area contributed by atoms with E-state index in [2.05, 4.69) is 38.5 Å². The predicted molar refractivity (Wildman–Crippen MR) is 81.7 cm³/mol. The van der Waals surface area contributed by atoms with Gasteiger partial charge in [-0.05, 0) is 73.2 Å². The first-order chi connectivity index (χ1) is 7.78. The van der Waals surface area contributed by atoms with Crippen molar-refractivity contribution in [2.24, 2.45) is 0 Å². The van der Waals surface area contributed by atoms with Crippen molar-refractivity contribution in [1.29, 1.82) is 0 Å². The molecule has 0 amide bonds. The number of carbonyl (C=O) groups is 1. The number of rotatable bonds is 2. The van der Waals surface area contributed by atoms with Gasteiger partial charge in [0.05, 0.1) is 0 Å². The average Bonchev–Trinajstić information content (AvgIpc) is 2.17. The Morgan fingerprint density at radius 3 is 2.65 bits per heavy atom. The van der Waals surface area contributed by atoms with Crippen LogP contribution < -0.4 is 0 Å². The lowest BCUT2D eigenvalue weighted by atomic mass is 10.2. The zero-order chi connectivity index (χ0) is 13.1. The van der Waals surface area contributed by atoms with Crippen LogP contribution in [0.1, 0.15) is 26.3 Å². The predicted octanol–water partition coefficient (Wildman–Crippen LogP) is 4.41. The van der Waals surface area contributed by atoms with Crippen molar-refractivity contribution in [2.75, 3.05) is 0 Å². The Morgan fingerprint density at radius 2 is 2.06 bits per heavy atom. The molecule has 0 aliphatic carbocycles. The quantitative estimate of drug-likeness (QED) is 0.411. The topological polar surface area (TPSA) is 26.3 Å². The Labute approximate surface area is 124 Å². The summed E-state index contributed by atoms with van der Waals surface area (Å²) >= 11 is 5.67. The summed E-state index contributed by atoms with van der Waals surface area (Å²) in [6.45, 7) is 5.54. The van der Waals surface area contributed by atoms with Crippen molar-refractivity contribution in [1.82, 2.24) is 0 Å². The van der Waals surface area contributed by atoms with Crippen molar-refractivity contribution < 1.29 is 9.53 Å². The number of hydrogen-bond acceptors (Lipinski definition) is 2. The molecule has 1 aromatic carbocycles. The molecule has 4 heteroatoms. The zero-order valence-electron chi connectivity index (χ0n) is 9.96. The number of esters is 1. The lowest BCUT2D eigenvalue weighted by molar-refractivity contribution is -0.148. The zero-order valence-corrected chi connectivity index (χ0v) is 13.7. The first-order valence-corrected chi connectivity index (χ1v) is 7.01. The fourth-order valence-electron chi connectivity index (χ4n) is 1.14. The van der Waals surface area contributed by atoms with Crippen LogP contribution in [0.3, 0.4) is 0 Å². The van der Waals surface area contributed by atoms with E-state index in [1.165, 1.54) is 6.08 Å². The van der Waals surface area contributed by atoms with Gasteiger partial charge in [0.15, 0.2) is 0 Å². The van der Waals surface area contributed by atoms with Crippen LogP contribution in [0.4, 0.5) is 0 Å². The van der Waals surface area contributed by atoms with Crippen LogP contribution in [-0.4, -0.2) is 11.6 Å². The normalized spacial score (nSPS) is 11.8. The molecular weight excluding hydrogens is 395 g/mol. The van der Waals surface area contributed by atoms with E-state index >= 15 is 0 Å². The van der Waals surface area contributed by atoms with Crippen LogP contribution >= 0.6 is 38.5 Å². The van der Waals surface area contributed by atoms with Crippen molar-refractivity contribution in [3.8, 4) is 0 Å². The summed E-state index contributed by atoms with van der Waals surface area (Å²) in [7, 11) is 0. The Bertz CT molecular complexity index is 447. The van der Waals surface area contributed by atoms with E-state index in [1.807, 2.05) is 39.0 Å². The highest BCUT2D eigenvalue weighted by atomic mass is 127. The van der Waals surface area contributed by atoms with Gasteiger partial charge in [0, 0.05) is 14.1 Å². The van der Waals surface area contributed by atoms with Gasteiger partial charge in [0.1, 0.15) is 5.60 Å². The minimum atomic E-state index is -0.455. The third-order valence-corrected chi connectivity index (χ3v) is 3.16. The molecule has 0 aliphatic rings. The summed E-state index contributed by atoms with van der Waals surface area (Å²) in [4.78, 5) is 11.5. The van der Waals surface area contributed by atoms with Gasteiger partial charge < -0.3 is 4.74 Å². The molecule has 0 radical (unpaired) electrons. The van der Waals surface area contributed by atoms with Crippen molar-refractivity contribution in [3.63, 3.8) is 0 Å². The second-order valence-electron chi connectivity index (χ2n) is 4.53. The fraction of sp³-hybridized carbons (Fsp3) is 0.308. The summed E-state index contributed by atoms with van der Waals surface area (Å²) in [5, 5.41) is 0.